The Labute approximate surface area is 211 Å². The van der Waals surface area contributed by atoms with Gasteiger partial charge in [0, 0.05) is 12.1 Å². The Balaban J connectivity index is 1.75. The number of pyridine rings is 1. The van der Waals surface area contributed by atoms with Crippen molar-refractivity contribution < 1.29 is 22.7 Å². The van der Waals surface area contributed by atoms with Crippen molar-refractivity contribution in [2.24, 2.45) is 0 Å². The number of hydrogen-bond acceptors (Lipinski definition) is 6. The third-order valence-corrected chi connectivity index (χ3v) is 7.82. The van der Waals surface area contributed by atoms with E-state index in [9.17, 15) is 18.4 Å². The third-order valence-electron chi connectivity index (χ3n) is 6.07. The summed E-state index contributed by atoms with van der Waals surface area (Å²) in [6, 6.07) is 16.2. The minimum atomic E-state index is -4.22. The van der Waals surface area contributed by atoms with E-state index in [0.29, 0.717) is 16.0 Å². The number of amides is 1. The minimum Gasteiger partial charge on any atom is -0.619 e. The molecule has 0 radical (unpaired) electrons. The lowest BCUT2D eigenvalue weighted by Gasteiger charge is -2.30. The summed E-state index contributed by atoms with van der Waals surface area (Å²) in [6.45, 7) is 1.53. The molecule has 0 aliphatic carbocycles. The van der Waals surface area contributed by atoms with Crippen LogP contribution in [-0.4, -0.2) is 46.0 Å². The van der Waals surface area contributed by atoms with Crippen LogP contribution in [0.25, 0.3) is 12.2 Å². The number of methoxy groups -OCH3 is 1. The Morgan fingerprint density at radius 3 is 2.33 bits per heavy atom. The summed E-state index contributed by atoms with van der Waals surface area (Å²) in [4.78, 5) is 15.6. The van der Waals surface area contributed by atoms with Crippen LogP contribution in [0.3, 0.4) is 0 Å². The number of carbonyl (C=O) groups is 1. The number of hydrogen-bond donors (Lipinski definition) is 0. The number of para-hydroxylation sites is 1. The summed E-state index contributed by atoms with van der Waals surface area (Å²) < 4.78 is 34.5. The number of sulfonamides is 1. The van der Waals surface area contributed by atoms with Crippen molar-refractivity contribution in [1.29, 1.82) is 0 Å². The van der Waals surface area contributed by atoms with Gasteiger partial charge in [-0.1, -0.05) is 36.8 Å². The summed E-state index contributed by atoms with van der Waals surface area (Å²) in [5.74, 6) is 0.00594. The molecule has 0 unspecified atom stereocenters. The second kappa shape index (κ2) is 11.4. The van der Waals surface area contributed by atoms with Gasteiger partial charge in [-0.25, -0.2) is 12.7 Å². The maximum Gasteiger partial charge on any atom is 0.270 e. The van der Waals surface area contributed by atoms with Crippen molar-refractivity contribution in [1.82, 2.24) is 4.90 Å². The quantitative estimate of drug-likeness (QED) is 0.341. The van der Waals surface area contributed by atoms with Crippen LogP contribution in [0, 0.1) is 5.21 Å². The lowest BCUT2D eigenvalue weighted by Crippen LogP contribution is -2.45. The molecular weight excluding hydrogens is 478 g/mol. The second-order valence-corrected chi connectivity index (χ2v) is 10.3. The molecule has 3 aromatic rings. The zero-order valence-corrected chi connectivity index (χ0v) is 20.9. The number of rotatable bonds is 8. The van der Waals surface area contributed by atoms with Crippen molar-refractivity contribution in [3.05, 3.63) is 89.4 Å². The molecule has 0 spiro atoms. The summed E-state index contributed by atoms with van der Waals surface area (Å²) >= 11 is 0. The monoisotopic (exact) mass is 507 g/mol. The van der Waals surface area contributed by atoms with Gasteiger partial charge in [0.2, 0.25) is 0 Å². The average Bonchev–Trinajstić information content (AvgIpc) is 2.89. The third kappa shape index (κ3) is 5.92. The first-order valence-electron chi connectivity index (χ1n) is 11.8. The van der Waals surface area contributed by atoms with Crippen LogP contribution in [-0.2, 0) is 14.8 Å². The van der Waals surface area contributed by atoms with Crippen molar-refractivity contribution >= 4 is 33.8 Å². The van der Waals surface area contributed by atoms with Crippen LogP contribution in [0.4, 0.5) is 5.69 Å². The molecule has 9 heteroatoms. The summed E-state index contributed by atoms with van der Waals surface area (Å²) in [7, 11) is -2.71. The Morgan fingerprint density at radius 2 is 1.67 bits per heavy atom. The molecular formula is C27H29N3O5S. The van der Waals surface area contributed by atoms with E-state index in [1.165, 1.54) is 31.6 Å². The number of aromatic nitrogens is 1. The fraction of sp³-hybridized carbons (Fsp3) is 0.259. The van der Waals surface area contributed by atoms with E-state index in [1.807, 2.05) is 4.90 Å². The van der Waals surface area contributed by atoms with Gasteiger partial charge >= 0.3 is 0 Å². The predicted octanol–water partition coefficient (Wildman–Crippen LogP) is 3.71. The van der Waals surface area contributed by atoms with E-state index >= 15 is 0 Å². The fourth-order valence-corrected chi connectivity index (χ4v) is 5.60. The molecule has 1 aromatic heterocycles. The SMILES string of the molecule is COc1ccc(S(=O)(=O)N(C(=O)CN2CCCCC2)c2ccccc2/C=C/c2cc[n+]([O-])cc2)cc1. The first kappa shape index (κ1) is 25.4. The predicted molar refractivity (Wildman–Crippen MR) is 139 cm³/mol. The molecule has 2 aromatic carbocycles. The standard InChI is InChI=1S/C27H29N3O5S/c1-35-24-11-13-25(14-12-24)36(33,34)30(27(31)21-28-17-5-2-6-18-28)26-8-4-3-7-23(26)10-9-22-15-19-29(32)20-16-22/h3-4,7-16,19-20H,2,5-6,17-18,21H2,1H3/b10-9+. The molecule has 36 heavy (non-hydrogen) atoms. The van der Waals surface area contributed by atoms with E-state index in [2.05, 4.69) is 0 Å². The lowest BCUT2D eigenvalue weighted by molar-refractivity contribution is -0.605. The maximum absolute atomic E-state index is 13.9. The highest BCUT2D eigenvalue weighted by molar-refractivity contribution is 7.93. The molecule has 1 saturated heterocycles. The van der Waals surface area contributed by atoms with Crippen LogP contribution in [0.1, 0.15) is 30.4 Å². The van der Waals surface area contributed by atoms with Crippen LogP contribution >= 0.6 is 0 Å². The van der Waals surface area contributed by atoms with Crippen molar-refractivity contribution in [2.45, 2.75) is 24.2 Å². The number of ether oxygens (including phenoxy) is 1. The molecule has 0 bridgehead atoms. The van der Waals surface area contributed by atoms with Crippen molar-refractivity contribution in [3.8, 4) is 5.75 Å². The van der Waals surface area contributed by atoms with Gasteiger partial charge in [0.15, 0.2) is 12.4 Å². The van der Waals surface area contributed by atoms with Crippen LogP contribution < -0.4 is 13.8 Å². The normalized spacial score (nSPS) is 14.6. The van der Waals surface area contributed by atoms with E-state index < -0.39 is 15.9 Å². The average molecular weight is 508 g/mol. The largest absolute Gasteiger partial charge is 0.619 e. The molecule has 1 amide bonds. The number of nitrogens with zero attached hydrogens (tertiary/aromatic N) is 3. The van der Waals surface area contributed by atoms with Gasteiger partial charge in [-0.3, -0.25) is 9.69 Å². The van der Waals surface area contributed by atoms with Gasteiger partial charge in [-0.15, -0.1) is 0 Å². The highest BCUT2D eigenvalue weighted by Crippen LogP contribution is 2.30. The Bertz CT molecular complexity index is 1320. The smallest absolute Gasteiger partial charge is 0.270 e. The summed E-state index contributed by atoms with van der Waals surface area (Å²) in [5.41, 5.74) is 1.59. The van der Waals surface area contributed by atoms with E-state index in [1.54, 1.807) is 60.7 Å². The van der Waals surface area contributed by atoms with Crippen molar-refractivity contribution in [2.75, 3.05) is 31.0 Å². The number of likely N-dealkylation sites (tertiary alicyclic amines) is 1. The first-order valence-corrected chi connectivity index (χ1v) is 13.2. The molecule has 0 saturated carbocycles. The summed E-state index contributed by atoms with van der Waals surface area (Å²) in [5, 5.41) is 11.3. The molecule has 8 nitrogen and oxygen atoms in total. The second-order valence-electron chi connectivity index (χ2n) is 8.56. The first-order chi connectivity index (χ1) is 17.4. The van der Waals surface area contributed by atoms with E-state index in [0.717, 1.165) is 42.2 Å². The summed E-state index contributed by atoms with van der Waals surface area (Å²) in [6.07, 6.45) is 9.35. The molecule has 1 aliphatic heterocycles. The van der Waals surface area contributed by atoms with Gasteiger partial charge in [0.1, 0.15) is 5.75 Å². The molecule has 4 rings (SSSR count). The van der Waals surface area contributed by atoms with Gasteiger partial charge in [0.05, 0.1) is 24.2 Å². The molecule has 0 N–H and O–H groups in total. The van der Waals surface area contributed by atoms with Gasteiger partial charge in [-0.2, -0.15) is 4.73 Å². The Kier molecular flexibility index (Phi) is 8.02. The highest BCUT2D eigenvalue weighted by atomic mass is 32.2. The lowest BCUT2D eigenvalue weighted by atomic mass is 10.1. The molecule has 188 valence electrons. The molecule has 1 aliphatic rings. The molecule has 1 fully saturated rings. The van der Waals surface area contributed by atoms with Gasteiger partial charge < -0.3 is 9.94 Å². The number of carbonyl (C=O) groups excluding carboxylic acids is 1. The number of benzene rings is 2. The number of piperidine rings is 1. The molecule has 0 atom stereocenters. The van der Waals surface area contributed by atoms with E-state index in [4.69, 9.17) is 4.74 Å². The van der Waals surface area contributed by atoms with Crippen molar-refractivity contribution in [3.63, 3.8) is 0 Å². The van der Waals surface area contributed by atoms with E-state index in [-0.39, 0.29) is 17.1 Å². The molecule has 2 heterocycles. The van der Waals surface area contributed by atoms with Crippen LogP contribution in [0.15, 0.2) is 78.0 Å². The zero-order valence-electron chi connectivity index (χ0n) is 20.1. The zero-order chi connectivity index (χ0) is 25.5. The fourth-order valence-electron chi connectivity index (χ4n) is 4.16. The highest BCUT2D eigenvalue weighted by Gasteiger charge is 2.33. The van der Waals surface area contributed by atoms with Gasteiger partial charge in [0.25, 0.3) is 15.9 Å². The topological polar surface area (TPSA) is 93.9 Å². The minimum absolute atomic E-state index is 0.00265. The Morgan fingerprint density at radius 1 is 1.00 bits per heavy atom. The number of anilines is 1. The maximum atomic E-state index is 13.9. The van der Waals surface area contributed by atoms with Crippen LogP contribution in [0.5, 0.6) is 5.75 Å². The van der Waals surface area contributed by atoms with Gasteiger partial charge in [-0.05, 0) is 67.4 Å². The van der Waals surface area contributed by atoms with Crippen LogP contribution in [0.2, 0.25) is 0 Å². The Hall–Kier alpha value is -3.69.